The average molecular weight is 489 g/mol. The third-order valence-corrected chi connectivity index (χ3v) is 8.02. The lowest BCUT2D eigenvalue weighted by Gasteiger charge is -2.43. The normalized spacial score (nSPS) is 25.5. The fourth-order valence-corrected chi connectivity index (χ4v) is 6.19. The molecular weight excluding hydrogens is 456 g/mol. The number of phenolic OH excluding ortho intramolecular Hbond substituents is 2. The molecule has 0 saturated carbocycles. The van der Waals surface area contributed by atoms with E-state index >= 15 is 0 Å². The van der Waals surface area contributed by atoms with E-state index in [9.17, 15) is 15.0 Å². The largest absolute Gasteiger partial charge is 0.507 e. The Morgan fingerprint density at radius 2 is 1.86 bits per heavy atom. The number of fused-ring (bicyclic) bond motifs is 4. The second kappa shape index (κ2) is 7.02. The first-order valence-electron chi connectivity index (χ1n) is 12.5. The molecule has 2 aromatic carbocycles. The Labute approximate surface area is 211 Å². The summed E-state index contributed by atoms with van der Waals surface area (Å²) >= 11 is 0. The van der Waals surface area contributed by atoms with Crippen molar-refractivity contribution >= 4 is 11.9 Å². The molecule has 188 valence electrons. The zero-order valence-corrected chi connectivity index (χ0v) is 21.8. The number of rotatable bonds is 2. The summed E-state index contributed by atoms with van der Waals surface area (Å²) in [5, 5.41) is 22.8. The molecule has 6 rings (SSSR count). The van der Waals surface area contributed by atoms with Crippen LogP contribution >= 0.6 is 0 Å². The van der Waals surface area contributed by atoms with E-state index in [0.717, 1.165) is 22.3 Å². The van der Waals surface area contributed by atoms with Crippen molar-refractivity contribution in [2.45, 2.75) is 84.4 Å². The van der Waals surface area contributed by atoms with Gasteiger partial charge in [0, 0.05) is 34.7 Å². The smallest absolute Gasteiger partial charge is 0.226 e. The van der Waals surface area contributed by atoms with Gasteiger partial charge in [0.15, 0.2) is 0 Å². The molecule has 1 aliphatic carbocycles. The van der Waals surface area contributed by atoms with E-state index in [1.807, 2.05) is 66.7 Å². The molecule has 2 N–H and O–H groups in total. The lowest BCUT2D eigenvalue weighted by atomic mass is 9.71. The second-order valence-electron chi connectivity index (χ2n) is 11.7. The highest BCUT2D eigenvalue weighted by Crippen LogP contribution is 2.62. The van der Waals surface area contributed by atoms with Crippen LogP contribution in [0.2, 0.25) is 0 Å². The van der Waals surface area contributed by atoms with Crippen molar-refractivity contribution in [2.75, 3.05) is 0 Å². The van der Waals surface area contributed by atoms with Gasteiger partial charge in [-0.05, 0) is 72.1 Å². The molecule has 2 atom stereocenters. The number of hydrogen-bond acceptors (Lipinski definition) is 6. The summed E-state index contributed by atoms with van der Waals surface area (Å²) in [5.74, 6) is -1.71. The highest BCUT2D eigenvalue weighted by Gasteiger charge is 2.64. The van der Waals surface area contributed by atoms with Crippen LogP contribution in [-0.4, -0.2) is 33.3 Å². The maximum absolute atomic E-state index is 14.1. The molecule has 6 nitrogen and oxygen atoms in total. The van der Waals surface area contributed by atoms with E-state index in [2.05, 4.69) is 0 Å². The van der Waals surface area contributed by atoms with Crippen LogP contribution in [0, 0.1) is 6.92 Å². The molecule has 2 aromatic rings. The molecule has 36 heavy (non-hydrogen) atoms. The standard InChI is InChI=1S/C30H32O6/c1-14(2)8-9-16-15(3)18-12-21-29(6,7)36-30(35-21)24-17-10-11-28(4,5)34-20(17)13-19(31)22(24)27(33)23(25(18)30)26(16)32/h8,10-11,13,21,31-32H,9,12H2,1-7H3/t21-,30-/m1/s1. The van der Waals surface area contributed by atoms with Crippen LogP contribution in [0.5, 0.6) is 17.2 Å². The average Bonchev–Trinajstić information content (AvgIpc) is 2.97. The van der Waals surface area contributed by atoms with Crippen LogP contribution in [0.15, 0.2) is 23.8 Å². The fourth-order valence-electron chi connectivity index (χ4n) is 6.19. The van der Waals surface area contributed by atoms with Gasteiger partial charge in [0.05, 0.1) is 22.8 Å². The molecule has 0 amide bonds. The number of hydrogen-bond donors (Lipinski definition) is 2. The number of ether oxygens (including phenoxy) is 3. The Kier molecular flexibility index (Phi) is 4.55. The predicted molar refractivity (Wildman–Crippen MR) is 136 cm³/mol. The van der Waals surface area contributed by atoms with Gasteiger partial charge >= 0.3 is 0 Å². The molecule has 1 fully saturated rings. The summed E-state index contributed by atoms with van der Waals surface area (Å²) in [5.41, 5.74) is 4.42. The molecule has 0 unspecified atom stereocenters. The van der Waals surface area contributed by atoms with Crippen LogP contribution in [0.25, 0.3) is 6.08 Å². The minimum Gasteiger partial charge on any atom is -0.507 e. The second-order valence-corrected chi connectivity index (χ2v) is 11.7. The molecule has 1 spiro atoms. The Hall–Kier alpha value is -3.09. The Balaban J connectivity index is 1.74. The maximum atomic E-state index is 14.1. The molecule has 0 aromatic heterocycles. The maximum Gasteiger partial charge on any atom is 0.226 e. The van der Waals surface area contributed by atoms with Crippen molar-refractivity contribution in [3.05, 3.63) is 68.3 Å². The molecular formula is C30H32O6. The quantitative estimate of drug-likeness (QED) is 0.536. The van der Waals surface area contributed by atoms with E-state index < -0.39 is 22.8 Å². The minimum atomic E-state index is -1.45. The Morgan fingerprint density at radius 1 is 1.14 bits per heavy atom. The highest BCUT2D eigenvalue weighted by molar-refractivity contribution is 6.17. The molecule has 3 heterocycles. The summed E-state index contributed by atoms with van der Waals surface area (Å²) in [7, 11) is 0. The number of carbonyl (C=O) groups is 1. The molecule has 1 saturated heterocycles. The van der Waals surface area contributed by atoms with E-state index in [1.54, 1.807) is 0 Å². The highest BCUT2D eigenvalue weighted by atomic mass is 16.8. The van der Waals surface area contributed by atoms with E-state index in [0.29, 0.717) is 35.3 Å². The van der Waals surface area contributed by atoms with E-state index in [1.165, 1.54) is 6.07 Å². The van der Waals surface area contributed by atoms with Crippen LogP contribution in [0.4, 0.5) is 0 Å². The number of phenols is 2. The lowest BCUT2D eigenvalue weighted by Crippen LogP contribution is -2.43. The van der Waals surface area contributed by atoms with Gasteiger partial charge in [-0.3, -0.25) is 4.79 Å². The zero-order chi connectivity index (χ0) is 25.9. The summed E-state index contributed by atoms with van der Waals surface area (Å²) in [6.07, 6.45) is 6.68. The molecule has 0 radical (unpaired) electrons. The number of ketones is 1. The van der Waals surface area contributed by atoms with Crippen molar-refractivity contribution in [1.29, 1.82) is 0 Å². The van der Waals surface area contributed by atoms with Crippen molar-refractivity contribution in [3.63, 3.8) is 0 Å². The fraction of sp³-hybridized carbons (Fsp3) is 0.433. The van der Waals surface area contributed by atoms with Gasteiger partial charge in [-0.1, -0.05) is 17.7 Å². The number of carbonyl (C=O) groups excluding carboxylic acids is 1. The third-order valence-electron chi connectivity index (χ3n) is 8.02. The van der Waals surface area contributed by atoms with Crippen LogP contribution in [-0.2, 0) is 28.1 Å². The number of aromatic hydroxyl groups is 2. The van der Waals surface area contributed by atoms with Crippen LogP contribution in [0.1, 0.15) is 90.8 Å². The Morgan fingerprint density at radius 3 is 2.56 bits per heavy atom. The topological polar surface area (TPSA) is 85.2 Å². The van der Waals surface area contributed by atoms with Crippen LogP contribution in [0.3, 0.4) is 0 Å². The summed E-state index contributed by atoms with van der Waals surface area (Å²) in [4.78, 5) is 14.1. The lowest BCUT2D eigenvalue weighted by molar-refractivity contribution is -0.167. The molecule has 4 aliphatic rings. The van der Waals surface area contributed by atoms with Gasteiger partial charge in [-0.15, -0.1) is 0 Å². The molecule has 2 bridgehead atoms. The van der Waals surface area contributed by atoms with Crippen molar-refractivity contribution in [1.82, 2.24) is 0 Å². The van der Waals surface area contributed by atoms with Crippen molar-refractivity contribution < 1.29 is 29.2 Å². The van der Waals surface area contributed by atoms with Gasteiger partial charge < -0.3 is 24.4 Å². The van der Waals surface area contributed by atoms with Gasteiger partial charge in [0.25, 0.3) is 0 Å². The first-order valence-corrected chi connectivity index (χ1v) is 12.5. The summed E-state index contributed by atoms with van der Waals surface area (Å²) in [6, 6.07) is 1.48. The first kappa shape index (κ1) is 23.3. The zero-order valence-electron chi connectivity index (χ0n) is 21.8. The van der Waals surface area contributed by atoms with Gasteiger partial charge in [-0.2, -0.15) is 0 Å². The Bertz CT molecular complexity index is 1440. The predicted octanol–water partition coefficient (Wildman–Crippen LogP) is 5.59. The van der Waals surface area contributed by atoms with E-state index in [4.69, 9.17) is 14.2 Å². The van der Waals surface area contributed by atoms with E-state index in [-0.39, 0.29) is 28.7 Å². The summed E-state index contributed by atoms with van der Waals surface area (Å²) in [6.45, 7) is 13.8. The van der Waals surface area contributed by atoms with Gasteiger partial charge in [0.2, 0.25) is 11.6 Å². The first-order chi connectivity index (χ1) is 16.8. The van der Waals surface area contributed by atoms with Gasteiger partial charge in [0.1, 0.15) is 22.8 Å². The molecule has 6 heteroatoms. The number of benzene rings is 2. The number of allylic oxidation sites excluding steroid dienone is 2. The van der Waals surface area contributed by atoms with Crippen molar-refractivity contribution in [2.24, 2.45) is 0 Å². The summed E-state index contributed by atoms with van der Waals surface area (Å²) < 4.78 is 19.7. The third kappa shape index (κ3) is 2.88. The van der Waals surface area contributed by atoms with Crippen molar-refractivity contribution in [3.8, 4) is 17.2 Å². The SMILES string of the molecule is CC(C)=CCc1c(C)c2c3c(c1O)C(=O)c1c(O)cc4c(c1[C@]31O[C@H](C2)C(C)(C)O1)C=CC(C)(C)O4. The monoisotopic (exact) mass is 488 g/mol. The minimum absolute atomic E-state index is 0.0702. The van der Waals surface area contributed by atoms with Gasteiger partial charge in [-0.25, -0.2) is 0 Å². The molecule has 3 aliphatic heterocycles. The van der Waals surface area contributed by atoms with Crippen LogP contribution < -0.4 is 4.74 Å².